The Morgan fingerprint density at radius 1 is 1.41 bits per heavy atom. The van der Waals surface area contributed by atoms with Crippen LogP contribution in [-0.2, 0) is 0 Å². The van der Waals surface area contributed by atoms with Crippen LogP contribution < -0.4 is 31.8 Å². The van der Waals surface area contributed by atoms with Crippen molar-refractivity contribution in [2.24, 2.45) is 5.73 Å². The Morgan fingerprint density at radius 3 is 2.53 bits per heavy atom. The van der Waals surface area contributed by atoms with Crippen molar-refractivity contribution < 1.29 is 14.3 Å². The van der Waals surface area contributed by atoms with Gasteiger partial charge < -0.3 is 20.9 Å². The lowest BCUT2D eigenvalue weighted by molar-refractivity contribution is 0.250. The van der Waals surface area contributed by atoms with Crippen molar-refractivity contribution in [1.82, 2.24) is 5.43 Å². The highest BCUT2D eigenvalue weighted by Gasteiger charge is 2.17. The van der Waals surface area contributed by atoms with E-state index < -0.39 is 6.03 Å². The number of nitrogens with two attached hydrogens (primary N) is 2. The van der Waals surface area contributed by atoms with Gasteiger partial charge in [-0.2, -0.15) is 0 Å². The van der Waals surface area contributed by atoms with E-state index in [0.717, 1.165) is 0 Å². The maximum Gasteiger partial charge on any atom is 0.330 e. The van der Waals surface area contributed by atoms with Gasteiger partial charge in [-0.25, -0.2) is 4.79 Å². The largest absolute Gasteiger partial charge is 0.493 e. The molecule has 8 heteroatoms. The molecule has 0 heterocycles. The van der Waals surface area contributed by atoms with Gasteiger partial charge in [0, 0.05) is 6.07 Å². The minimum absolute atomic E-state index is 0.391. The van der Waals surface area contributed by atoms with E-state index in [4.69, 9.17) is 20.9 Å². The quantitative estimate of drug-likeness (QED) is 0.490. The molecule has 0 fully saturated rings. The van der Waals surface area contributed by atoms with Crippen LogP contribution in [0.25, 0.3) is 0 Å². The number of hydrogen-bond acceptors (Lipinski definition) is 5. The first-order valence-electron chi connectivity index (χ1n) is 4.52. The molecular formula is C9H13BrN4O3. The summed E-state index contributed by atoms with van der Waals surface area (Å²) in [5, 5.41) is 0. The van der Waals surface area contributed by atoms with E-state index in [0.29, 0.717) is 27.3 Å². The van der Waals surface area contributed by atoms with Crippen molar-refractivity contribution in [3.63, 3.8) is 0 Å². The molecule has 1 rings (SSSR count). The number of nitrogens with one attached hydrogen (secondary N) is 2. The Labute approximate surface area is 107 Å². The van der Waals surface area contributed by atoms with Crippen molar-refractivity contribution in [2.75, 3.05) is 25.4 Å². The van der Waals surface area contributed by atoms with Crippen LogP contribution in [-0.4, -0.2) is 20.3 Å². The third-order valence-corrected chi connectivity index (χ3v) is 2.80. The molecule has 17 heavy (non-hydrogen) atoms. The molecule has 0 aliphatic heterocycles. The van der Waals surface area contributed by atoms with E-state index in [9.17, 15) is 4.79 Å². The molecule has 7 nitrogen and oxygen atoms in total. The van der Waals surface area contributed by atoms with Crippen molar-refractivity contribution in [1.29, 1.82) is 0 Å². The number of carbonyl (C=O) groups excluding carboxylic acids is 1. The van der Waals surface area contributed by atoms with Crippen LogP contribution in [0.4, 0.5) is 16.2 Å². The lowest BCUT2D eigenvalue weighted by atomic mass is 10.2. The van der Waals surface area contributed by atoms with Crippen LogP contribution in [0, 0.1) is 0 Å². The predicted octanol–water partition coefficient (Wildman–Crippen LogP) is 1.04. The zero-order valence-electron chi connectivity index (χ0n) is 9.33. The second kappa shape index (κ2) is 5.48. The summed E-state index contributed by atoms with van der Waals surface area (Å²) in [6.07, 6.45) is 0. The molecule has 0 aliphatic carbocycles. The summed E-state index contributed by atoms with van der Waals surface area (Å²) in [5.74, 6) is 0.823. The first-order valence-corrected chi connectivity index (χ1v) is 5.32. The minimum Gasteiger partial charge on any atom is -0.493 e. The molecule has 0 bridgehead atoms. The smallest absolute Gasteiger partial charge is 0.330 e. The second-order valence-corrected chi connectivity index (χ2v) is 3.80. The van der Waals surface area contributed by atoms with Crippen molar-refractivity contribution >= 4 is 33.3 Å². The molecule has 0 spiro atoms. The number of nitrogen functional groups attached to an aromatic ring is 1. The van der Waals surface area contributed by atoms with Crippen LogP contribution in [0.5, 0.6) is 11.5 Å². The topological polar surface area (TPSA) is 112 Å². The Kier molecular flexibility index (Phi) is 4.27. The van der Waals surface area contributed by atoms with E-state index in [1.165, 1.54) is 14.2 Å². The number of carbonyl (C=O) groups is 1. The van der Waals surface area contributed by atoms with Gasteiger partial charge in [-0.05, 0) is 15.9 Å². The first-order chi connectivity index (χ1) is 8.01. The molecule has 0 aromatic heterocycles. The molecule has 0 radical (unpaired) electrons. The van der Waals surface area contributed by atoms with E-state index in [1.54, 1.807) is 6.07 Å². The lowest BCUT2D eigenvalue weighted by Crippen LogP contribution is -2.34. The molecule has 6 N–H and O–H groups in total. The SMILES string of the molecule is COc1cc(N)c(Br)c(NNC(N)=O)c1OC. The van der Waals surface area contributed by atoms with Gasteiger partial charge in [0.25, 0.3) is 0 Å². The molecule has 94 valence electrons. The normalized spacial score (nSPS) is 9.59. The third kappa shape index (κ3) is 2.84. The molecule has 0 saturated heterocycles. The molecule has 2 amide bonds. The average Bonchev–Trinajstić information content (AvgIpc) is 2.29. The Morgan fingerprint density at radius 2 is 2.06 bits per heavy atom. The number of urea groups is 1. The van der Waals surface area contributed by atoms with E-state index in [-0.39, 0.29) is 0 Å². The number of benzene rings is 1. The highest BCUT2D eigenvalue weighted by atomic mass is 79.9. The number of hydrazine groups is 1. The van der Waals surface area contributed by atoms with Crippen LogP contribution in [0.3, 0.4) is 0 Å². The number of ether oxygens (including phenoxy) is 2. The number of rotatable bonds is 4. The summed E-state index contributed by atoms with van der Waals surface area (Å²) in [4.78, 5) is 10.7. The van der Waals surface area contributed by atoms with Crippen LogP contribution >= 0.6 is 15.9 Å². The summed E-state index contributed by atoms with van der Waals surface area (Å²) in [5.41, 5.74) is 16.4. The summed E-state index contributed by atoms with van der Waals surface area (Å²) in [7, 11) is 2.95. The molecule has 1 aromatic rings. The maximum absolute atomic E-state index is 10.7. The molecular weight excluding hydrogens is 292 g/mol. The van der Waals surface area contributed by atoms with Gasteiger partial charge in [0.15, 0.2) is 11.5 Å². The van der Waals surface area contributed by atoms with Gasteiger partial charge in [0.2, 0.25) is 0 Å². The van der Waals surface area contributed by atoms with Gasteiger partial charge in [0.05, 0.1) is 24.4 Å². The second-order valence-electron chi connectivity index (χ2n) is 3.00. The minimum atomic E-state index is -0.736. The van der Waals surface area contributed by atoms with Crippen molar-refractivity contribution in [2.45, 2.75) is 0 Å². The van der Waals surface area contributed by atoms with E-state index in [1.807, 2.05) is 0 Å². The summed E-state index contributed by atoms with van der Waals surface area (Å²) < 4.78 is 10.8. The third-order valence-electron chi connectivity index (χ3n) is 1.95. The maximum atomic E-state index is 10.7. The fourth-order valence-electron chi connectivity index (χ4n) is 1.23. The number of halogens is 1. The zero-order valence-corrected chi connectivity index (χ0v) is 10.9. The lowest BCUT2D eigenvalue weighted by Gasteiger charge is -2.17. The van der Waals surface area contributed by atoms with Gasteiger partial charge >= 0.3 is 6.03 Å². The molecule has 0 aliphatic rings. The molecule has 0 saturated carbocycles. The van der Waals surface area contributed by atoms with Crippen molar-refractivity contribution in [3.8, 4) is 11.5 Å². The Balaban J connectivity index is 3.22. The highest BCUT2D eigenvalue weighted by Crippen LogP contribution is 2.43. The number of anilines is 2. The van der Waals surface area contributed by atoms with Crippen molar-refractivity contribution in [3.05, 3.63) is 10.5 Å². The number of amides is 2. The predicted molar refractivity (Wildman–Crippen MR) is 68.0 cm³/mol. The van der Waals surface area contributed by atoms with Crippen LogP contribution in [0.1, 0.15) is 0 Å². The highest BCUT2D eigenvalue weighted by molar-refractivity contribution is 9.10. The first kappa shape index (κ1) is 13.2. The van der Waals surface area contributed by atoms with Crippen LogP contribution in [0.15, 0.2) is 10.5 Å². The number of hydrogen-bond donors (Lipinski definition) is 4. The zero-order chi connectivity index (χ0) is 13.0. The summed E-state index contributed by atoms with van der Waals surface area (Å²) in [6.45, 7) is 0. The van der Waals surface area contributed by atoms with Gasteiger partial charge in [-0.3, -0.25) is 10.9 Å². The monoisotopic (exact) mass is 304 g/mol. The van der Waals surface area contributed by atoms with E-state index in [2.05, 4.69) is 26.8 Å². The van der Waals surface area contributed by atoms with Crippen LogP contribution in [0.2, 0.25) is 0 Å². The fraction of sp³-hybridized carbons (Fsp3) is 0.222. The molecule has 0 unspecified atom stereocenters. The summed E-state index contributed by atoms with van der Waals surface area (Å²) >= 11 is 3.27. The molecule has 1 aromatic carbocycles. The fourth-order valence-corrected chi connectivity index (χ4v) is 1.62. The van der Waals surface area contributed by atoms with Gasteiger partial charge in [0.1, 0.15) is 5.69 Å². The standard InChI is InChI=1S/C9H13BrN4O3/c1-16-5-3-4(11)6(10)7(8(5)17-2)13-14-9(12)15/h3,13H,11H2,1-2H3,(H3,12,14,15). The van der Waals surface area contributed by atoms with Gasteiger partial charge in [-0.1, -0.05) is 0 Å². The molecule has 0 atom stereocenters. The van der Waals surface area contributed by atoms with E-state index >= 15 is 0 Å². The van der Waals surface area contributed by atoms with Gasteiger partial charge in [-0.15, -0.1) is 0 Å². The Hall–Kier alpha value is -1.83. The Bertz CT molecular complexity index is 439. The number of primary amides is 1. The summed E-state index contributed by atoms with van der Waals surface area (Å²) in [6, 6.07) is 0.860. The number of methoxy groups -OCH3 is 2. The average molecular weight is 305 g/mol.